The number of rotatable bonds is 2. The lowest BCUT2D eigenvalue weighted by Crippen LogP contribution is -2.03. The van der Waals surface area contributed by atoms with Gasteiger partial charge in [-0.05, 0) is 33.0 Å². The van der Waals surface area contributed by atoms with Gasteiger partial charge in [0.15, 0.2) is 0 Å². The molecular formula is C12H12BrFO2. The fourth-order valence-electron chi connectivity index (χ4n) is 2.44. The minimum absolute atomic E-state index is 0.116. The van der Waals surface area contributed by atoms with Crippen molar-refractivity contribution in [1.29, 1.82) is 0 Å². The number of halogens is 2. The Morgan fingerprint density at radius 1 is 1.50 bits per heavy atom. The first-order chi connectivity index (χ1) is 7.37. The van der Waals surface area contributed by atoms with Gasteiger partial charge in [-0.3, -0.25) is 4.79 Å². The number of hydrogen-bond donors (Lipinski definition) is 1. The molecule has 16 heavy (non-hydrogen) atoms. The molecule has 86 valence electrons. The molecule has 0 amide bonds. The molecule has 1 aromatic carbocycles. The lowest BCUT2D eigenvalue weighted by molar-refractivity contribution is -0.139. The van der Waals surface area contributed by atoms with Gasteiger partial charge < -0.3 is 5.11 Å². The number of aliphatic carboxylic acids is 1. The van der Waals surface area contributed by atoms with Crippen molar-refractivity contribution in [1.82, 2.24) is 0 Å². The van der Waals surface area contributed by atoms with Crippen LogP contribution in [-0.4, -0.2) is 11.1 Å². The van der Waals surface area contributed by atoms with Crippen LogP contribution >= 0.6 is 15.9 Å². The minimum atomic E-state index is -0.814. The molecule has 4 heteroatoms. The van der Waals surface area contributed by atoms with Gasteiger partial charge in [-0.2, -0.15) is 0 Å². The fourth-order valence-corrected chi connectivity index (χ4v) is 2.95. The highest BCUT2D eigenvalue weighted by atomic mass is 79.9. The summed E-state index contributed by atoms with van der Waals surface area (Å²) in [5, 5.41) is 9.07. The first-order valence-corrected chi connectivity index (χ1v) is 5.83. The Morgan fingerprint density at radius 3 is 2.62 bits per heavy atom. The second-order valence-corrected chi connectivity index (χ2v) is 5.55. The number of hydrogen-bond acceptors (Lipinski definition) is 1. The predicted octanol–water partition coefficient (Wildman–Crippen LogP) is 3.41. The molecule has 1 saturated carbocycles. The third kappa shape index (κ3) is 1.56. The van der Waals surface area contributed by atoms with E-state index in [2.05, 4.69) is 15.9 Å². The van der Waals surface area contributed by atoms with Crippen molar-refractivity contribution >= 4 is 21.9 Å². The lowest BCUT2D eigenvalue weighted by atomic mass is 10.0. The SMILES string of the molecule is CC1(C)C(C(=O)O)C1c1cccc(F)c1Br. The van der Waals surface area contributed by atoms with Crippen molar-refractivity contribution in [3.8, 4) is 0 Å². The summed E-state index contributed by atoms with van der Waals surface area (Å²) in [6, 6.07) is 4.75. The Labute approximate surface area is 102 Å². The Morgan fingerprint density at radius 2 is 2.12 bits per heavy atom. The zero-order chi connectivity index (χ0) is 12.1. The van der Waals surface area contributed by atoms with Crippen molar-refractivity contribution in [2.45, 2.75) is 19.8 Å². The molecule has 1 aliphatic carbocycles. The predicted molar refractivity (Wildman–Crippen MR) is 61.7 cm³/mol. The summed E-state index contributed by atoms with van der Waals surface area (Å²) in [5.41, 5.74) is 0.444. The summed E-state index contributed by atoms with van der Waals surface area (Å²) in [6.07, 6.45) is 0. The second-order valence-electron chi connectivity index (χ2n) is 4.76. The summed E-state index contributed by atoms with van der Waals surface area (Å²) < 4.78 is 13.7. The molecule has 0 spiro atoms. The number of benzene rings is 1. The van der Waals surface area contributed by atoms with Gasteiger partial charge in [0.2, 0.25) is 0 Å². The largest absolute Gasteiger partial charge is 0.481 e. The van der Waals surface area contributed by atoms with Crippen LogP contribution in [-0.2, 0) is 4.79 Å². The van der Waals surface area contributed by atoms with E-state index in [1.165, 1.54) is 6.07 Å². The summed E-state index contributed by atoms with van der Waals surface area (Å²) in [5.74, 6) is -1.70. The van der Waals surface area contributed by atoms with Crippen LogP contribution in [0, 0.1) is 17.2 Å². The smallest absolute Gasteiger partial charge is 0.307 e. The molecule has 1 N–H and O–H groups in total. The van der Waals surface area contributed by atoms with Crippen molar-refractivity contribution in [2.24, 2.45) is 11.3 Å². The third-order valence-corrected chi connectivity index (χ3v) is 4.25. The summed E-state index contributed by atoms with van der Waals surface area (Å²) in [7, 11) is 0. The monoisotopic (exact) mass is 286 g/mol. The van der Waals surface area contributed by atoms with Gasteiger partial charge in [-0.1, -0.05) is 26.0 Å². The average Bonchev–Trinajstić information content (AvgIpc) is 2.74. The molecule has 0 radical (unpaired) electrons. The standard InChI is InChI=1S/C12H12BrFO2/c1-12(2)8(9(12)11(15)16)6-4-3-5-7(14)10(6)13/h3-5,8-9H,1-2H3,(H,15,16). The van der Waals surface area contributed by atoms with Crippen molar-refractivity contribution < 1.29 is 14.3 Å². The van der Waals surface area contributed by atoms with E-state index in [1.54, 1.807) is 12.1 Å². The van der Waals surface area contributed by atoms with E-state index in [-0.39, 0.29) is 17.2 Å². The summed E-state index contributed by atoms with van der Waals surface area (Å²) in [4.78, 5) is 11.0. The maximum absolute atomic E-state index is 13.4. The Hall–Kier alpha value is -0.900. The lowest BCUT2D eigenvalue weighted by Gasteiger charge is -2.06. The topological polar surface area (TPSA) is 37.3 Å². The van der Waals surface area contributed by atoms with E-state index in [9.17, 15) is 9.18 Å². The summed E-state index contributed by atoms with van der Waals surface area (Å²) in [6.45, 7) is 3.79. The number of carboxylic acid groups (broad SMARTS) is 1. The molecule has 2 unspecified atom stereocenters. The van der Waals surface area contributed by atoms with E-state index in [4.69, 9.17) is 5.11 Å². The molecule has 2 rings (SSSR count). The highest BCUT2D eigenvalue weighted by molar-refractivity contribution is 9.10. The van der Waals surface area contributed by atoms with E-state index in [0.29, 0.717) is 4.47 Å². The Bertz CT molecular complexity index is 456. The van der Waals surface area contributed by atoms with Crippen molar-refractivity contribution in [3.63, 3.8) is 0 Å². The molecule has 0 saturated heterocycles. The van der Waals surface area contributed by atoms with Gasteiger partial charge >= 0.3 is 5.97 Å². The molecule has 0 aliphatic heterocycles. The van der Waals surface area contributed by atoms with Crippen LogP contribution in [0.15, 0.2) is 22.7 Å². The van der Waals surface area contributed by atoms with Gasteiger partial charge in [-0.15, -0.1) is 0 Å². The highest BCUT2D eigenvalue weighted by Gasteiger charge is 2.63. The van der Waals surface area contributed by atoms with Crippen LogP contribution in [0.25, 0.3) is 0 Å². The normalized spacial score (nSPS) is 26.5. The van der Waals surface area contributed by atoms with Gasteiger partial charge in [0.25, 0.3) is 0 Å². The van der Waals surface area contributed by atoms with Gasteiger partial charge in [0.1, 0.15) is 5.82 Å². The molecule has 1 fully saturated rings. The summed E-state index contributed by atoms with van der Waals surface area (Å²) >= 11 is 3.18. The van der Waals surface area contributed by atoms with E-state index in [0.717, 1.165) is 5.56 Å². The first-order valence-electron chi connectivity index (χ1n) is 5.04. The van der Waals surface area contributed by atoms with Crippen LogP contribution in [0.5, 0.6) is 0 Å². The van der Waals surface area contributed by atoms with Gasteiger partial charge in [0.05, 0.1) is 10.4 Å². The maximum Gasteiger partial charge on any atom is 0.307 e. The first kappa shape index (κ1) is 11.6. The van der Waals surface area contributed by atoms with E-state index < -0.39 is 11.9 Å². The number of carbonyl (C=O) groups is 1. The zero-order valence-corrected chi connectivity index (χ0v) is 10.6. The van der Waals surface area contributed by atoms with Crippen molar-refractivity contribution in [3.05, 3.63) is 34.1 Å². The van der Waals surface area contributed by atoms with Crippen LogP contribution in [0.4, 0.5) is 4.39 Å². The van der Waals surface area contributed by atoms with E-state index >= 15 is 0 Å². The highest BCUT2D eigenvalue weighted by Crippen LogP contribution is 2.65. The molecule has 1 aliphatic rings. The van der Waals surface area contributed by atoms with Gasteiger partial charge in [-0.25, -0.2) is 4.39 Å². The van der Waals surface area contributed by atoms with Gasteiger partial charge in [0, 0.05) is 5.92 Å². The van der Waals surface area contributed by atoms with Crippen LogP contribution in [0.3, 0.4) is 0 Å². The minimum Gasteiger partial charge on any atom is -0.481 e. The molecule has 2 nitrogen and oxygen atoms in total. The molecule has 0 heterocycles. The molecule has 0 aromatic heterocycles. The van der Waals surface area contributed by atoms with E-state index in [1.807, 2.05) is 13.8 Å². The second kappa shape index (κ2) is 3.55. The fraction of sp³-hybridized carbons (Fsp3) is 0.417. The molecular weight excluding hydrogens is 275 g/mol. The van der Waals surface area contributed by atoms with Crippen molar-refractivity contribution in [2.75, 3.05) is 0 Å². The molecule has 2 atom stereocenters. The zero-order valence-electron chi connectivity index (χ0n) is 9.00. The maximum atomic E-state index is 13.4. The average molecular weight is 287 g/mol. The van der Waals surface area contributed by atoms with Crippen LogP contribution in [0.1, 0.15) is 25.3 Å². The molecule has 1 aromatic rings. The quantitative estimate of drug-likeness (QED) is 0.905. The third-order valence-electron chi connectivity index (χ3n) is 3.41. The van der Waals surface area contributed by atoms with Crippen LogP contribution in [0.2, 0.25) is 0 Å². The Balaban J connectivity index is 2.41. The molecule has 0 bridgehead atoms. The number of carboxylic acids is 1. The Kier molecular flexibility index (Phi) is 2.57. The van der Waals surface area contributed by atoms with Crippen LogP contribution < -0.4 is 0 Å².